The zero-order chi connectivity index (χ0) is 13.9. The number of nitrogens with zero attached hydrogens (tertiary/aromatic N) is 1. The Bertz CT molecular complexity index is 288. The van der Waals surface area contributed by atoms with Crippen molar-refractivity contribution in [2.75, 3.05) is 19.6 Å². The first-order valence-corrected chi connectivity index (χ1v) is 9.21. The monoisotopic (exact) mass is 278 g/mol. The number of likely N-dealkylation sites (tertiary alicyclic amines) is 1. The van der Waals surface area contributed by atoms with Gasteiger partial charge in [0, 0.05) is 12.1 Å². The fraction of sp³-hybridized carbons (Fsp3) is 1.00. The van der Waals surface area contributed by atoms with Crippen molar-refractivity contribution in [2.24, 2.45) is 17.8 Å². The van der Waals surface area contributed by atoms with Crippen molar-refractivity contribution in [2.45, 2.75) is 77.3 Å². The third-order valence-electron chi connectivity index (χ3n) is 6.39. The Morgan fingerprint density at radius 2 is 1.75 bits per heavy atom. The lowest BCUT2D eigenvalue weighted by atomic mass is 9.78. The van der Waals surface area contributed by atoms with Crippen LogP contribution in [-0.4, -0.2) is 36.6 Å². The Morgan fingerprint density at radius 1 is 0.950 bits per heavy atom. The Hall–Kier alpha value is -0.0800. The van der Waals surface area contributed by atoms with Crippen LogP contribution in [-0.2, 0) is 0 Å². The SMILES string of the molecule is CC(C)C1CCCC(N2CCC(C3CCCN3)CC2)C1. The van der Waals surface area contributed by atoms with E-state index in [-0.39, 0.29) is 0 Å². The maximum atomic E-state index is 3.72. The smallest absolute Gasteiger partial charge is 0.00979 e. The summed E-state index contributed by atoms with van der Waals surface area (Å²) in [5, 5.41) is 3.72. The van der Waals surface area contributed by atoms with Crippen LogP contribution in [0.15, 0.2) is 0 Å². The van der Waals surface area contributed by atoms with Crippen molar-refractivity contribution in [3.63, 3.8) is 0 Å². The highest BCUT2D eigenvalue weighted by Crippen LogP contribution is 2.35. The lowest BCUT2D eigenvalue weighted by Gasteiger charge is -2.43. The quantitative estimate of drug-likeness (QED) is 0.847. The summed E-state index contributed by atoms with van der Waals surface area (Å²) in [6.45, 7) is 8.86. The summed E-state index contributed by atoms with van der Waals surface area (Å²) in [7, 11) is 0. The molecule has 0 spiro atoms. The molecule has 3 aliphatic rings. The first-order valence-electron chi connectivity index (χ1n) is 9.21. The van der Waals surface area contributed by atoms with Gasteiger partial charge in [0.15, 0.2) is 0 Å². The minimum absolute atomic E-state index is 0.854. The maximum absolute atomic E-state index is 3.72. The van der Waals surface area contributed by atoms with Gasteiger partial charge in [-0.2, -0.15) is 0 Å². The summed E-state index contributed by atoms with van der Waals surface area (Å²) in [4.78, 5) is 2.85. The van der Waals surface area contributed by atoms with Crippen LogP contribution in [0.25, 0.3) is 0 Å². The van der Waals surface area contributed by atoms with Gasteiger partial charge in [-0.3, -0.25) is 0 Å². The van der Waals surface area contributed by atoms with E-state index in [2.05, 4.69) is 24.1 Å². The molecule has 20 heavy (non-hydrogen) atoms. The molecule has 3 fully saturated rings. The Morgan fingerprint density at radius 3 is 2.40 bits per heavy atom. The van der Waals surface area contributed by atoms with E-state index in [1.807, 2.05) is 0 Å². The third-order valence-corrected chi connectivity index (χ3v) is 6.39. The lowest BCUT2D eigenvalue weighted by molar-refractivity contribution is 0.0729. The summed E-state index contributed by atoms with van der Waals surface area (Å²) >= 11 is 0. The fourth-order valence-electron chi connectivity index (χ4n) is 4.94. The third kappa shape index (κ3) is 3.39. The summed E-state index contributed by atoms with van der Waals surface area (Å²) in [5.74, 6) is 2.85. The second-order valence-corrected chi connectivity index (χ2v) is 7.90. The molecule has 0 aromatic carbocycles. The van der Waals surface area contributed by atoms with Crippen LogP contribution in [0.2, 0.25) is 0 Å². The average molecular weight is 278 g/mol. The molecule has 0 aromatic heterocycles. The summed E-state index contributed by atoms with van der Waals surface area (Å²) < 4.78 is 0. The van der Waals surface area contributed by atoms with Gasteiger partial charge >= 0.3 is 0 Å². The van der Waals surface area contributed by atoms with Crippen LogP contribution < -0.4 is 5.32 Å². The number of nitrogens with one attached hydrogen (secondary N) is 1. The van der Waals surface area contributed by atoms with E-state index < -0.39 is 0 Å². The highest BCUT2D eigenvalue weighted by atomic mass is 15.2. The standard InChI is InChI=1S/C18H34N2/c1-14(2)16-5-3-6-17(13-16)20-11-8-15(9-12-20)18-7-4-10-19-18/h14-19H,3-13H2,1-2H3. The highest BCUT2D eigenvalue weighted by molar-refractivity contribution is 4.89. The molecular weight excluding hydrogens is 244 g/mol. The normalized spacial score (nSPS) is 37.6. The van der Waals surface area contributed by atoms with Crippen molar-refractivity contribution in [1.29, 1.82) is 0 Å². The topological polar surface area (TPSA) is 15.3 Å². The first kappa shape index (κ1) is 14.8. The van der Waals surface area contributed by atoms with E-state index in [4.69, 9.17) is 0 Å². The number of rotatable bonds is 3. The Kier molecular flexibility index (Phi) is 5.04. The minimum atomic E-state index is 0.854. The van der Waals surface area contributed by atoms with Crippen molar-refractivity contribution >= 4 is 0 Å². The highest BCUT2D eigenvalue weighted by Gasteiger charge is 2.33. The number of piperidine rings is 1. The molecule has 1 saturated carbocycles. The Balaban J connectivity index is 1.47. The molecular formula is C18H34N2. The van der Waals surface area contributed by atoms with Crippen molar-refractivity contribution < 1.29 is 0 Å². The van der Waals surface area contributed by atoms with Gasteiger partial charge < -0.3 is 10.2 Å². The molecule has 3 unspecified atom stereocenters. The van der Waals surface area contributed by atoms with Crippen LogP contribution in [0.5, 0.6) is 0 Å². The number of hydrogen-bond donors (Lipinski definition) is 1. The van der Waals surface area contributed by atoms with Crippen LogP contribution in [0.3, 0.4) is 0 Å². The molecule has 2 nitrogen and oxygen atoms in total. The van der Waals surface area contributed by atoms with Crippen LogP contribution >= 0.6 is 0 Å². The van der Waals surface area contributed by atoms with Gasteiger partial charge in [-0.05, 0) is 75.9 Å². The number of hydrogen-bond acceptors (Lipinski definition) is 2. The molecule has 1 aliphatic carbocycles. The fourth-order valence-corrected chi connectivity index (χ4v) is 4.94. The molecule has 2 heterocycles. The van der Waals surface area contributed by atoms with E-state index in [9.17, 15) is 0 Å². The maximum Gasteiger partial charge on any atom is 0.00979 e. The van der Waals surface area contributed by atoms with Gasteiger partial charge in [-0.15, -0.1) is 0 Å². The van der Waals surface area contributed by atoms with Gasteiger partial charge in [0.05, 0.1) is 0 Å². The zero-order valence-electron chi connectivity index (χ0n) is 13.6. The van der Waals surface area contributed by atoms with E-state index in [0.29, 0.717) is 0 Å². The van der Waals surface area contributed by atoms with E-state index >= 15 is 0 Å². The van der Waals surface area contributed by atoms with Gasteiger partial charge in [0.25, 0.3) is 0 Å². The summed E-state index contributed by atoms with van der Waals surface area (Å²) in [5.41, 5.74) is 0. The molecule has 0 radical (unpaired) electrons. The van der Waals surface area contributed by atoms with Gasteiger partial charge in [0.2, 0.25) is 0 Å². The van der Waals surface area contributed by atoms with Gasteiger partial charge in [-0.1, -0.05) is 26.7 Å². The molecule has 3 rings (SSSR count). The van der Waals surface area contributed by atoms with E-state index in [1.54, 1.807) is 0 Å². The van der Waals surface area contributed by atoms with Crippen molar-refractivity contribution in [3.05, 3.63) is 0 Å². The van der Waals surface area contributed by atoms with Crippen molar-refractivity contribution in [1.82, 2.24) is 10.2 Å². The van der Waals surface area contributed by atoms with Gasteiger partial charge in [0.1, 0.15) is 0 Å². The molecule has 0 amide bonds. The second-order valence-electron chi connectivity index (χ2n) is 7.90. The largest absolute Gasteiger partial charge is 0.314 e. The van der Waals surface area contributed by atoms with Crippen LogP contribution in [0, 0.1) is 17.8 Å². The second kappa shape index (κ2) is 6.79. The first-order chi connectivity index (χ1) is 9.74. The molecule has 0 bridgehead atoms. The van der Waals surface area contributed by atoms with Gasteiger partial charge in [-0.25, -0.2) is 0 Å². The molecule has 0 aromatic rings. The molecule has 116 valence electrons. The lowest BCUT2D eigenvalue weighted by Crippen LogP contribution is -2.47. The molecule has 2 aliphatic heterocycles. The predicted molar refractivity (Wildman–Crippen MR) is 85.9 cm³/mol. The zero-order valence-corrected chi connectivity index (χ0v) is 13.6. The molecule has 2 heteroatoms. The predicted octanol–water partition coefficient (Wildman–Crippen LogP) is 3.67. The van der Waals surface area contributed by atoms with Crippen LogP contribution in [0.4, 0.5) is 0 Å². The average Bonchev–Trinajstić information content (AvgIpc) is 3.02. The summed E-state index contributed by atoms with van der Waals surface area (Å²) in [6.07, 6.45) is 11.6. The molecule has 1 N–H and O–H groups in total. The Labute approximate surface area is 125 Å². The van der Waals surface area contributed by atoms with E-state index in [0.717, 1.165) is 29.8 Å². The molecule has 2 saturated heterocycles. The summed E-state index contributed by atoms with van der Waals surface area (Å²) in [6, 6.07) is 1.76. The molecule has 3 atom stereocenters. The minimum Gasteiger partial charge on any atom is -0.314 e. The van der Waals surface area contributed by atoms with Crippen LogP contribution in [0.1, 0.15) is 65.2 Å². The van der Waals surface area contributed by atoms with E-state index in [1.165, 1.54) is 71.0 Å². The van der Waals surface area contributed by atoms with Crippen molar-refractivity contribution in [3.8, 4) is 0 Å².